The SMILES string of the molecule is CS(=O)(=O)NC1CCCCC1Nc1nc(N)nc(Nc2cccc(S(=O)(=O)O)c2)n1. The number of rotatable bonds is 7. The van der Waals surface area contributed by atoms with Crippen LogP contribution < -0.4 is 21.1 Å². The van der Waals surface area contributed by atoms with Crippen LogP contribution in [0.3, 0.4) is 0 Å². The molecule has 2 atom stereocenters. The molecule has 1 aromatic heterocycles. The molecule has 0 radical (unpaired) electrons. The van der Waals surface area contributed by atoms with Crippen LogP contribution in [-0.2, 0) is 20.1 Å². The lowest BCUT2D eigenvalue weighted by Gasteiger charge is -2.32. The normalized spacial score (nSPS) is 19.9. The quantitative estimate of drug-likeness (QED) is 0.368. The van der Waals surface area contributed by atoms with Crippen molar-refractivity contribution >= 4 is 43.7 Å². The summed E-state index contributed by atoms with van der Waals surface area (Å²) in [6, 6.07) is 4.93. The lowest BCUT2D eigenvalue weighted by Crippen LogP contribution is -2.48. The first-order valence-electron chi connectivity index (χ1n) is 9.09. The van der Waals surface area contributed by atoms with E-state index in [2.05, 4.69) is 30.3 Å². The highest BCUT2D eigenvalue weighted by Gasteiger charge is 2.28. The minimum absolute atomic E-state index is 0.0564. The number of nitrogens with two attached hydrogens (primary N) is 1. The summed E-state index contributed by atoms with van der Waals surface area (Å²) in [5.41, 5.74) is 6.08. The van der Waals surface area contributed by atoms with Crippen molar-refractivity contribution in [3.63, 3.8) is 0 Å². The third-order valence-electron chi connectivity index (χ3n) is 4.49. The van der Waals surface area contributed by atoms with Crippen molar-refractivity contribution in [3.05, 3.63) is 24.3 Å². The van der Waals surface area contributed by atoms with Crippen molar-refractivity contribution in [1.82, 2.24) is 19.7 Å². The van der Waals surface area contributed by atoms with E-state index >= 15 is 0 Å². The molecular formula is C16H23N7O5S2. The fourth-order valence-electron chi connectivity index (χ4n) is 3.26. The van der Waals surface area contributed by atoms with Gasteiger partial charge in [-0.25, -0.2) is 13.1 Å². The van der Waals surface area contributed by atoms with E-state index in [4.69, 9.17) is 5.73 Å². The number of aromatic nitrogens is 3. The first kappa shape index (κ1) is 22.1. The Kier molecular flexibility index (Phi) is 6.40. The number of hydrogen-bond donors (Lipinski definition) is 5. The number of nitrogens with one attached hydrogen (secondary N) is 3. The molecule has 1 heterocycles. The Morgan fingerprint density at radius 3 is 2.37 bits per heavy atom. The number of sulfonamides is 1. The van der Waals surface area contributed by atoms with Crippen molar-refractivity contribution in [1.29, 1.82) is 0 Å². The van der Waals surface area contributed by atoms with Crippen LogP contribution in [0.15, 0.2) is 29.2 Å². The largest absolute Gasteiger partial charge is 0.368 e. The maximum atomic E-state index is 11.6. The highest BCUT2D eigenvalue weighted by atomic mass is 32.2. The van der Waals surface area contributed by atoms with E-state index < -0.39 is 20.1 Å². The Morgan fingerprint density at radius 2 is 1.70 bits per heavy atom. The van der Waals surface area contributed by atoms with Crippen LogP contribution >= 0.6 is 0 Å². The van der Waals surface area contributed by atoms with E-state index in [1.807, 2.05) is 0 Å². The van der Waals surface area contributed by atoms with Crippen molar-refractivity contribution in [2.75, 3.05) is 22.6 Å². The van der Waals surface area contributed by atoms with Gasteiger partial charge >= 0.3 is 0 Å². The second-order valence-electron chi connectivity index (χ2n) is 7.00. The van der Waals surface area contributed by atoms with E-state index in [1.165, 1.54) is 18.2 Å². The maximum Gasteiger partial charge on any atom is 0.294 e. The Balaban J connectivity index is 1.80. The lowest BCUT2D eigenvalue weighted by atomic mass is 9.91. The van der Waals surface area contributed by atoms with Gasteiger partial charge in [0.2, 0.25) is 27.9 Å². The van der Waals surface area contributed by atoms with E-state index in [1.54, 1.807) is 6.07 Å². The summed E-state index contributed by atoms with van der Waals surface area (Å²) in [5.74, 6) is 0.133. The van der Waals surface area contributed by atoms with Gasteiger partial charge in [0.15, 0.2) is 0 Å². The molecule has 2 unspecified atom stereocenters. The lowest BCUT2D eigenvalue weighted by molar-refractivity contribution is 0.378. The molecule has 1 fully saturated rings. The summed E-state index contributed by atoms with van der Waals surface area (Å²) in [5, 5.41) is 5.93. The molecule has 3 rings (SSSR count). The third-order valence-corrected chi connectivity index (χ3v) is 6.07. The number of anilines is 4. The summed E-state index contributed by atoms with van der Waals surface area (Å²) in [4.78, 5) is 12.0. The van der Waals surface area contributed by atoms with Crippen molar-refractivity contribution < 1.29 is 21.4 Å². The Hall–Kier alpha value is -2.55. The molecule has 6 N–H and O–H groups in total. The summed E-state index contributed by atoms with van der Waals surface area (Å²) in [7, 11) is -7.73. The molecule has 1 saturated carbocycles. The molecular weight excluding hydrogens is 434 g/mol. The van der Waals surface area contributed by atoms with Gasteiger partial charge in [-0.1, -0.05) is 18.9 Å². The van der Waals surface area contributed by atoms with Gasteiger partial charge in [-0.05, 0) is 31.0 Å². The van der Waals surface area contributed by atoms with Crippen molar-refractivity contribution in [2.45, 2.75) is 42.7 Å². The number of nitrogens with zero attached hydrogens (tertiary/aromatic N) is 3. The highest BCUT2D eigenvalue weighted by molar-refractivity contribution is 7.88. The first-order valence-corrected chi connectivity index (χ1v) is 12.4. The van der Waals surface area contributed by atoms with Crippen LogP contribution in [0.4, 0.5) is 23.5 Å². The second-order valence-corrected chi connectivity index (χ2v) is 10.2. The molecule has 0 aliphatic heterocycles. The van der Waals surface area contributed by atoms with Crippen LogP contribution in [-0.4, -0.2) is 54.7 Å². The molecule has 1 aromatic carbocycles. The van der Waals surface area contributed by atoms with Crippen LogP contribution in [0.25, 0.3) is 0 Å². The van der Waals surface area contributed by atoms with Gasteiger partial charge in [0.1, 0.15) is 0 Å². The fraction of sp³-hybridized carbons (Fsp3) is 0.438. The summed E-state index contributed by atoms with van der Waals surface area (Å²) in [6.07, 6.45) is 4.34. The summed E-state index contributed by atoms with van der Waals surface area (Å²) < 4.78 is 57.7. The summed E-state index contributed by atoms with van der Waals surface area (Å²) in [6.45, 7) is 0. The molecule has 164 valence electrons. The van der Waals surface area contributed by atoms with Crippen LogP contribution in [0.1, 0.15) is 25.7 Å². The van der Waals surface area contributed by atoms with Crippen molar-refractivity contribution in [2.24, 2.45) is 0 Å². The van der Waals surface area contributed by atoms with Gasteiger partial charge in [-0.3, -0.25) is 4.55 Å². The number of benzene rings is 1. The first-order chi connectivity index (χ1) is 14.0. The zero-order valence-corrected chi connectivity index (χ0v) is 17.7. The van der Waals surface area contributed by atoms with Crippen LogP contribution in [0, 0.1) is 0 Å². The minimum Gasteiger partial charge on any atom is -0.368 e. The van der Waals surface area contributed by atoms with Crippen LogP contribution in [0.5, 0.6) is 0 Å². The molecule has 1 aliphatic carbocycles. The molecule has 14 heteroatoms. The molecule has 0 amide bonds. The van der Waals surface area contributed by atoms with Gasteiger partial charge in [0, 0.05) is 17.8 Å². The molecule has 12 nitrogen and oxygen atoms in total. The highest BCUT2D eigenvalue weighted by Crippen LogP contribution is 2.23. The second kappa shape index (κ2) is 8.67. The third kappa shape index (κ3) is 6.22. The van der Waals surface area contributed by atoms with E-state index in [-0.39, 0.29) is 34.8 Å². The minimum atomic E-state index is -4.36. The van der Waals surface area contributed by atoms with Gasteiger partial charge in [-0.2, -0.15) is 23.4 Å². The number of hydrogen-bond acceptors (Lipinski definition) is 10. The molecule has 0 saturated heterocycles. The van der Waals surface area contributed by atoms with Gasteiger partial charge in [-0.15, -0.1) is 0 Å². The molecule has 2 aromatic rings. The molecule has 30 heavy (non-hydrogen) atoms. The predicted molar refractivity (Wildman–Crippen MR) is 111 cm³/mol. The predicted octanol–water partition coefficient (Wildman–Crippen LogP) is 0.716. The number of nitrogen functional groups attached to an aromatic ring is 1. The molecule has 0 bridgehead atoms. The zero-order chi connectivity index (χ0) is 21.9. The molecule has 1 aliphatic rings. The standard InChI is InChI=1S/C16H23N7O5S2/c1-29(24,25)23-13-8-3-2-7-12(13)19-16-21-14(17)20-15(22-16)18-10-5-4-6-11(9-10)30(26,27)28/h4-6,9,12-13,23H,2-3,7-8H2,1H3,(H,26,27,28)(H4,17,18,19,20,21,22). The average Bonchev–Trinajstić information content (AvgIpc) is 2.61. The summed E-state index contributed by atoms with van der Waals surface area (Å²) >= 11 is 0. The maximum absolute atomic E-state index is 11.6. The van der Waals surface area contributed by atoms with Gasteiger partial charge in [0.25, 0.3) is 10.1 Å². The molecule has 0 spiro atoms. The Labute approximate surface area is 174 Å². The Morgan fingerprint density at radius 1 is 1.03 bits per heavy atom. The Bertz CT molecular complexity index is 1120. The van der Waals surface area contributed by atoms with Gasteiger partial charge in [0.05, 0.1) is 11.2 Å². The van der Waals surface area contributed by atoms with E-state index in [9.17, 15) is 21.4 Å². The van der Waals surface area contributed by atoms with Crippen LogP contribution in [0.2, 0.25) is 0 Å². The average molecular weight is 458 g/mol. The van der Waals surface area contributed by atoms with E-state index in [0.717, 1.165) is 25.5 Å². The zero-order valence-electron chi connectivity index (χ0n) is 16.1. The van der Waals surface area contributed by atoms with E-state index in [0.29, 0.717) is 12.1 Å². The topological polar surface area (TPSA) is 189 Å². The van der Waals surface area contributed by atoms with Crippen molar-refractivity contribution in [3.8, 4) is 0 Å². The van der Waals surface area contributed by atoms with Gasteiger partial charge < -0.3 is 16.4 Å². The fourth-order valence-corrected chi connectivity index (χ4v) is 4.62. The monoisotopic (exact) mass is 457 g/mol. The smallest absolute Gasteiger partial charge is 0.294 e.